The van der Waals surface area contributed by atoms with Gasteiger partial charge in [-0.1, -0.05) is 20.8 Å². The molecule has 3 heteroatoms. The highest BCUT2D eigenvalue weighted by atomic mass is 28.4. The molecule has 0 aromatic rings. The number of hydrogen-bond donors (Lipinski definition) is 0. The highest BCUT2D eigenvalue weighted by Gasteiger charge is 2.42. The first-order valence-electron chi connectivity index (χ1n) is 2.63. The molecule has 0 nitrogen and oxygen atoms in total. The molecular formula is C5H12F2Si. The highest BCUT2D eigenvalue weighted by Crippen LogP contribution is 2.37. The van der Waals surface area contributed by atoms with Crippen molar-refractivity contribution in [2.24, 2.45) is 0 Å². The summed E-state index contributed by atoms with van der Waals surface area (Å²) in [6, 6.07) is 0. The van der Waals surface area contributed by atoms with E-state index in [1.165, 1.54) is 0 Å². The molecule has 0 N–H and O–H groups in total. The van der Waals surface area contributed by atoms with Crippen LogP contribution in [0.1, 0.15) is 20.8 Å². The molecule has 0 heterocycles. The van der Waals surface area contributed by atoms with Gasteiger partial charge in [-0.2, -0.15) is 0 Å². The molecule has 0 atom stereocenters. The zero-order valence-corrected chi connectivity index (χ0v) is 6.76. The second kappa shape index (κ2) is 1.79. The summed E-state index contributed by atoms with van der Waals surface area (Å²) in [7, 11) is -3.86. The van der Waals surface area contributed by atoms with Gasteiger partial charge in [0.1, 0.15) is 0 Å². The van der Waals surface area contributed by atoms with E-state index >= 15 is 0 Å². The third-order valence-electron chi connectivity index (χ3n) is 1.32. The van der Waals surface area contributed by atoms with E-state index in [4.69, 9.17) is 0 Å². The van der Waals surface area contributed by atoms with Crippen molar-refractivity contribution >= 4 is 8.74 Å². The van der Waals surface area contributed by atoms with Crippen molar-refractivity contribution < 1.29 is 8.22 Å². The fourth-order valence-electron chi connectivity index (χ4n) is 0. The van der Waals surface area contributed by atoms with E-state index in [-0.39, 0.29) is 0 Å². The van der Waals surface area contributed by atoms with Gasteiger partial charge in [0.2, 0.25) is 0 Å². The Morgan fingerprint density at radius 1 is 1.12 bits per heavy atom. The van der Waals surface area contributed by atoms with Crippen LogP contribution in [0.3, 0.4) is 0 Å². The summed E-state index contributed by atoms with van der Waals surface area (Å²) in [5.74, 6) is 0. The smallest absolute Gasteiger partial charge is 0.270 e. The monoisotopic (exact) mass is 138 g/mol. The lowest BCUT2D eigenvalue weighted by molar-refractivity contribution is 0.508. The fraction of sp³-hybridized carbons (Fsp3) is 1.00. The van der Waals surface area contributed by atoms with Crippen LogP contribution in [0.25, 0.3) is 0 Å². The van der Waals surface area contributed by atoms with Gasteiger partial charge in [0.15, 0.2) is 0 Å². The van der Waals surface area contributed by atoms with E-state index in [0.717, 1.165) is 6.55 Å². The van der Waals surface area contributed by atoms with E-state index < -0.39 is 13.8 Å². The Bertz CT molecular complexity index is 65.4. The van der Waals surface area contributed by atoms with Crippen LogP contribution in [0.15, 0.2) is 0 Å². The molecule has 0 amide bonds. The molecule has 0 radical (unpaired) electrons. The maximum Gasteiger partial charge on any atom is 0.427 e. The zero-order valence-electron chi connectivity index (χ0n) is 5.76. The molecule has 50 valence electrons. The maximum absolute atomic E-state index is 12.4. The second-order valence-electron chi connectivity index (χ2n) is 3.14. The predicted molar refractivity (Wildman–Crippen MR) is 33.5 cm³/mol. The van der Waals surface area contributed by atoms with Crippen molar-refractivity contribution in [3.8, 4) is 0 Å². The summed E-state index contributed by atoms with van der Waals surface area (Å²) >= 11 is 0. The first-order chi connectivity index (χ1) is 3.25. The fourth-order valence-corrected chi connectivity index (χ4v) is 0. The summed E-state index contributed by atoms with van der Waals surface area (Å²) in [6.45, 7) is 5.82. The van der Waals surface area contributed by atoms with Crippen LogP contribution in [0.5, 0.6) is 0 Å². The van der Waals surface area contributed by atoms with Gasteiger partial charge in [0.05, 0.1) is 0 Å². The number of rotatable bonds is 0. The standard InChI is InChI=1S/C5H12F2Si/c1-5(2,3)8(4,6)7/h1-4H3. The molecule has 0 aliphatic carbocycles. The number of halogens is 2. The van der Waals surface area contributed by atoms with Gasteiger partial charge >= 0.3 is 8.74 Å². The van der Waals surface area contributed by atoms with Gasteiger partial charge in [-0.3, -0.25) is 8.22 Å². The van der Waals surface area contributed by atoms with Gasteiger partial charge in [-0.25, -0.2) is 0 Å². The summed E-state index contributed by atoms with van der Waals surface area (Å²) in [5, 5.41) is -0.757. The van der Waals surface area contributed by atoms with Crippen LogP contribution >= 0.6 is 0 Å². The molecule has 0 bridgehead atoms. The Kier molecular flexibility index (Phi) is 1.81. The first-order valence-corrected chi connectivity index (χ1v) is 4.88. The number of hydrogen-bond acceptors (Lipinski definition) is 0. The van der Waals surface area contributed by atoms with Gasteiger partial charge in [-0.05, 0) is 6.55 Å². The van der Waals surface area contributed by atoms with Crippen LogP contribution in [0.4, 0.5) is 8.22 Å². The normalized spacial score (nSPS) is 14.2. The quantitative estimate of drug-likeness (QED) is 0.356. The van der Waals surface area contributed by atoms with Crippen LogP contribution < -0.4 is 0 Å². The molecule has 0 aliphatic rings. The predicted octanol–water partition coefficient (Wildman–Crippen LogP) is 2.80. The van der Waals surface area contributed by atoms with Gasteiger partial charge in [0, 0.05) is 5.04 Å². The Morgan fingerprint density at radius 2 is 1.25 bits per heavy atom. The van der Waals surface area contributed by atoms with Crippen molar-refractivity contribution in [2.75, 3.05) is 0 Å². The molecule has 0 fully saturated rings. The SMILES string of the molecule is CC(C)(C)[Si](C)(F)F. The molecule has 0 saturated heterocycles. The van der Waals surface area contributed by atoms with E-state index in [1.807, 2.05) is 0 Å². The van der Waals surface area contributed by atoms with Crippen molar-refractivity contribution in [3.05, 3.63) is 0 Å². The van der Waals surface area contributed by atoms with Crippen LogP contribution in [-0.2, 0) is 0 Å². The minimum atomic E-state index is -3.86. The lowest BCUT2D eigenvalue weighted by Gasteiger charge is -2.22. The van der Waals surface area contributed by atoms with Crippen molar-refractivity contribution in [3.63, 3.8) is 0 Å². The third kappa shape index (κ3) is 1.90. The van der Waals surface area contributed by atoms with Gasteiger partial charge in [0.25, 0.3) is 0 Å². The summed E-state index contributed by atoms with van der Waals surface area (Å²) in [6.07, 6.45) is 0. The van der Waals surface area contributed by atoms with Crippen molar-refractivity contribution in [2.45, 2.75) is 32.4 Å². The summed E-state index contributed by atoms with van der Waals surface area (Å²) in [5.41, 5.74) is 0. The Hall–Kier alpha value is 0.0769. The highest BCUT2D eigenvalue weighted by molar-refractivity contribution is 6.67. The third-order valence-corrected chi connectivity index (χ3v) is 3.95. The molecule has 0 rings (SSSR count). The Morgan fingerprint density at radius 3 is 1.25 bits per heavy atom. The Balaban J connectivity index is 4.02. The van der Waals surface area contributed by atoms with E-state index in [2.05, 4.69) is 0 Å². The molecule has 0 unspecified atom stereocenters. The van der Waals surface area contributed by atoms with Crippen LogP contribution in [0.2, 0.25) is 11.6 Å². The second-order valence-corrected chi connectivity index (χ2v) is 6.42. The van der Waals surface area contributed by atoms with Crippen LogP contribution in [0, 0.1) is 0 Å². The largest absolute Gasteiger partial charge is 0.427 e. The first kappa shape index (κ1) is 8.08. The molecule has 0 spiro atoms. The molecular weight excluding hydrogens is 126 g/mol. The van der Waals surface area contributed by atoms with E-state index in [9.17, 15) is 8.22 Å². The molecule has 0 saturated carbocycles. The van der Waals surface area contributed by atoms with E-state index in [0.29, 0.717) is 0 Å². The van der Waals surface area contributed by atoms with Gasteiger partial charge < -0.3 is 0 Å². The van der Waals surface area contributed by atoms with Crippen molar-refractivity contribution in [1.82, 2.24) is 0 Å². The summed E-state index contributed by atoms with van der Waals surface area (Å²) in [4.78, 5) is 0. The molecule has 0 aliphatic heterocycles. The average Bonchev–Trinajstić information content (AvgIpc) is 1.25. The van der Waals surface area contributed by atoms with Crippen molar-refractivity contribution in [1.29, 1.82) is 0 Å². The molecule has 8 heavy (non-hydrogen) atoms. The molecule has 0 aromatic carbocycles. The summed E-state index contributed by atoms with van der Waals surface area (Å²) < 4.78 is 24.7. The van der Waals surface area contributed by atoms with Crippen LogP contribution in [-0.4, -0.2) is 8.74 Å². The topological polar surface area (TPSA) is 0 Å². The maximum atomic E-state index is 12.4. The van der Waals surface area contributed by atoms with Gasteiger partial charge in [-0.15, -0.1) is 0 Å². The molecule has 0 aromatic heterocycles. The van der Waals surface area contributed by atoms with E-state index in [1.54, 1.807) is 20.8 Å². The lowest BCUT2D eigenvalue weighted by Crippen LogP contribution is -2.29. The lowest BCUT2D eigenvalue weighted by atomic mass is 10.3. The zero-order chi connectivity index (χ0) is 7.00. The minimum absolute atomic E-state index is 0.757. The Labute approximate surface area is 50.3 Å². The minimum Gasteiger partial charge on any atom is -0.270 e. The average molecular weight is 138 g/mol.